The lowest BCUT2D eigenvalue weighted by Crippen LogP contribution is -2.01. The van der Waals surface area contributed by atoms with E-state index in [1.165, 1.54) is 10.3 Å². The van der Waals surface area contributed by atoms with Crippen LogP contribution in [0.5, 0.6) is 0 Å². The highest BCUT2D eigenvalue weighted by molar-refractivity contribution is 9.10. The molecule has 0 fully saturated rings. The Hall–Kier alpha value is -0.450. The van der Waals surface area contributed by atoms with Crippen molar-refractivity contribution in [1.82, 2.24) is 4.98 Å². The number of nitrogens with two attached hydrogens (primary N) is 1. The quantitative estimate of drug-likeness (QED) is 0.912. The number of benzene rings is 1. The van der Waals surface area contributed by atoms with Crippen molar-refractivity contribution >= 4 is 37.5 Å². The van der Waals surface area contributed by atoms with Gasteiger partial charge in [-0.1, -0.05) is 15.9 Å². The maximum Gasteiger partial charge on any atom is 0.0951 e. The summed E-state index contributed by atoms with van der Waals surface area (Å²) in [5.41, 5.74) is 7.81. The standard InChI is InChI=1S/C10H11BrN2S/c1-6-4-8-9(5-7(6)11)14-10(13-8)2-3-12/h4-5H,2-3,12H2,1H3. The van der Waals surface area contributed by atoms with Crippen LogP contribution in [0, 0.1) is 6.92 Å². The van der Waals surface area contributed by atoms with Crippen LogP contribution >= 0.6 is 27.3 Å². The number of hydrogen-bond acceptors (Lipinski definition) is 3. The summed E-state index contributed by atoms with van der Waals surface area (Å²) in [7, 11) is 0. The van der Waals surface area contributed by atoms with Gasteiger partial charge < -0.3 is 5.73 Å². The zero-order valence-corrected chi connectivity index (χ0v) is 10.3. The molecule has 0 aliphatic heterocycles. The monoisotopic (exact) mass is 270 g/mol. The van der Waals surface area contributed by atoms with Crippen molar-refractivity contribution in [1.29, 1.82) is 0 Å². The maximum atomic E-state index is 5.50. The highest BCUT2D eigenvalue weighted by Crippen LogP contribution is 2.28. The number of halogens is 1. The Balaban J connectivity index is 2.54. The second kappa shape index (κ2) is 3.96. The van der Waals surface area contributed by atoms with E-state index >= 15 is 0 Å². The third-order valence-electron chi connectivity index (χ3n) is 2.07. The normalized spacial score (nSPS) is 11.1. The summed E-state index contributed by atoms with van der Waals surface area (Å²) in [4.78, 5) is 4.52. The van der Waals surface area contributed by atoms with Crippen LogP contribution < -0.4 is 5.73 Å². The maximum absolute atomic E-state index is 5.50. The summed E-state index contributed by atoms with van der Waals surface area (Å²) in [5, 5.41) is 1.13. The number of aromatic nitrogens is 1. The fraction of sp³-hybridized carbons (Fsp3) is 0.300. The predicted octanol–water partition coefficient (Wildman–Crippen LogP) is 2.87. The fourth-order valence-electron chi connectivity index (χ4n) is 1.33. The van der Waals surface area contributed by atoms with Crippen LogP contribution in [0.25, 0.3) is 10.2 Å². The Morgan fingerprint density at radius 1 is 1.50 bits per heavy atom. The largest absolute Gasteiger partial charge is 0.330 e. The highest BCUT2D eigenvalue weighted by Gasteiger charge is 2.05. The van der Waals surface area contributed by atoms with Crippen molar-refractivity contribution in [2.24, 2.45) is 5.73 Å². The number of fused-ring (bicyclic) bond motifs is 1. The van der Waals surface area contributed by atoms with Gasteiger partial charge >= 0.3 is 0 Å². The van der Waals surface area contributed by atoms with Gasteiger partial charge in [0.25, 0.3) is 0 Å². The molecule has 0 radical (unpaired) electrons. The molecule has 0 atom stereocenters. The van der Waals surface area contributed by atoms with E-state index in [9.17, 15) is 0 Å². The van der Waals surface area contributed by atoms with E-state index in [-0.39, 0.29) is 0 Å². The molecule has 2 nitrogen and oxygen atoms in total. The number of rotatable bonds is 2. The minimum Gasteiger partial charge on any atom is -0.330 e. The van der Waals surface area contributed by atoms with Gasteiger partial charge in [0, 0.05) is 10.9 Å². The van der Waals surface area contributed by atoms with Gasteiger partial charge in [0.2, 0.25) is 0 Å². The molecule has 1 aromatic carbocycles. The number of aryl methyl sites for hydroxylation is 1. The molecule has 0 unspecified atom stereocenters. The van der Waals surface area contributed by atoms with Gasteiger partial charge in [0.05, 0.1) is 15.2 Å². The smallest absolute Gasteiger partial charge is 0.0951 e. The molecule has 14 heavy (non-hydrogen) atoms. The van der Waals surface area contributed by atoms with Gasteiger partial charge in [0.1, 0.15) is 0 Å². The molecule has 1 aromatic heterocycles. The highest BCUT2D eigenvalue weighted by atomic mass is 79.9. The van der Waals surface area contributed by atoms with Crippen molar-refractivity contribution in [3.05, 3.63) is 27.2 Å². The van der Waals surface area contributed by atoms with Crippen molar-refractivity contribution in [3.8, 4) is 0 Å². The molecular formula is C10H11BrN2S. The van der Waals surface area contributed by atoms with Crippen LogP contribution in [-0.4, -0.2) is 11.5 Å². The Kier molecular flexibility index (Phi) is 2.85. The van der Waals surface area contributed by atoms with Crippen LogP contribution in [-0.2, 0) is 6.42 Å². The van der Waals surface area contributed by atoms with Crippen LogP contribution in [0.4, 0.5) is 0 Å². The minimum absolute atomic E-state index is 0.667. The molecule has 2 aromatic rings. The van der Waals surface area contributed by atoms with Crippen molar-refractivity contribution < 1.29 is 0 Å². The van der Waals surface area contributed by atoms with Crippen LogP contribution in [0.3, 0.4) is 0 Å². The molecule has 4 heteroatoms. The first-order chi connectivity index (χ1) is 6.70. The second-order valence-corrected chi connectivity index (χ2v) is 5.18. The molecule has 0 aliphatic rings. The molecular weight excluding hydrogens is 260 g/mol. The van der Waals surface area contributed by atoms with Gasteiger partial charge in [-0.25, -0.2) is 4.98 Å². The molecule has 0 spiro atoms. The summed E-state index contributed by atoms with van der Waals surface area (Å²) < 4.78 is 2.37. The zero-order valence-electron chi connectivity index (χ0n) is 7.88. The Bertz CT molecular complexity index is 425. The van der Waals surface area contributed by atoms with Crippen molar-refractivity contribution in [2.75, 3.05) is 6.54 Å². The molecule has 0 saturated carbocycles. The fourth-order valence-corrected chi connectivity index (χ4v) is 2.83. The zero-order chi connectivity index (χ0) is 10.1. The summed E-state index contributed by atoms with van der Waals surface area (Å²) in [6.07, 6.45) is 0.871. The van der Waals surface area contributed by atoms with Crippen LogP contribution in [0.2, 0.25) is 0 Å². The molecule has 2 rings (SSSR count). The number of hydrogen-bond donors (Lipinski definition) is 1. The van der Waals surface area contributed by atoms with E-state index in [1.54, 1.807) is 11.3 Å². The first kappa shape index (κ1) is 10.1. The number of nitrogens with zero attached hydrogens (tertiary/aromatic N) is 1. The summed E-state index contributed by atoms with van der Waals surface area (Å²) in [6, 6.07) is 4.23. The second-order valence-electron chi connectivity index (χ2n) is 3.22. The SMILES string of the molecule is Cc1cc2nc(CCN)sc2cc1Br. The first-order valence-electron chi connectivity index (χ1n) is 4.46. The Labute approximate surface area is 95.3 Å². The summed E-state index contributed by atoms with van der Waals surface area (Å²) >= 11 is 5.24. The Morgan fingerprint density at radius 2 is 2.29 bits per heavy atom. The third-order valence-corrected chi connectivity index (χ3v) is 4.00. The molecule has 74 valence electrons. The van der Waals surface area contributed by atoms with E-state index in [0.29, 0.717) is 6.54 Å². The molecule has 0 aliphatic carbocycles. The lowest BCUT2D eigenvalue weighted by atomic mass is 10.2. The summed E-state index contributed by atoms with van der Waals surface area (Å²) in [6.45, 7) is 2.74. The lowest BCUT2D eigenvalue weighted by molar-refractivity contribution is 0.958. The van der Waals surface area contributed by atoms with E-state index in [1.807, 2.05) is 0 Å². The molecule has 0 saturated heterocycles. The van der Waals surface area contributed by atoms with Gasteiger partial charge in [-0.3, -0.25) is 0 Å². The first-order valence-corrected chi connectivity index (χ1v) is 6.07. The van der Waals surface area contributed by atoms with Gasteiger partial charge in [-0.2, -0.15) is 0 Å². The Morgan fingerprint density at radius 3 is 3.00 bits per heavy atom. The molecule has 0 bridgehead atoms. The lowest BCUT2D eigenvalue weighted by Gasteiger charge is -1.95. The van der Waals surface area contributed by atoms with Gasteiger partial charge in [-0.05, 0) is 31.2 Å². The predicted molar refractivity (Wildman–Crippen MR) is 64.8 cm³/mol. The summed E-state index contributed by atoms with van der Waals surface area (Å²) in [5.74, 6) is 0. The van der Waals surface area contributed by atoms with E-state index < -0.39 is 0 Å². The van der Waals surface area contributed by atoms with Crippen LogP contribution in [0.1, 0.15) is 10.6 Å². The van der Waals surface area contributed by atoms with Crippen LogP contribution in [0.15, 0.2) is 16.6 Å². The van der Waals surface area contributed by atoms with E-state index in [2.05, 4.69) is 40.0 Å². The minimum atomic E-state index is 0.667. The average molecular weight is 271 g/mol. The number of thiazole rings is 1. The van der Waals surface area contributed by atoms with Gasteiger partial charge in [-0.15, -0.1) is 11.3 Å². The molecule has 0 amide bonds. The average Bonchev–Trinajstić information content (AvgIpc) is 2.48. The molecule has 1 heterocycles. The topological polar surface area (TPSA) is 38.9 Å². The third kappa shape index (κ3) is 1.82. The van der Waals surface area contributed by atoms with Crippen molar-refractivity contribution in [2.45, 2.75) is 13.3 Å². The van der Waals surface area contributed by atoms with Crippen molar-refractivity contribution in [3.63, 3.8) is 0 Å². The molecule has 2 N–H and O–H groups in total. The van der Waals surface area contributed by atoms with Gasteiger partial charge in [0.15, 0.2) is 0 Å². The van der Waals surface area contributed by atoms with E-state index in [0.717, 1.165) is 21.4 Å². The van der Waals surface area contributed by atoms with E-state index in [4.69, 9.17) is 5.73 Å².